The van der Waals surface area contributed by atoms with E-state index in [0.717, 1.165) is 19.3 Å². The number of rotatable bonds is 2. The summed E-state index contributed by atoms with van der Waals surface area (Å²) in [4.78, 5) is 30.0. The van der Waals surface area contributed by atoms with Crippen LogP contribution in [0.25, 0.3) is 0 Å². The average molecular weight is 482 g/mol. The van der Waals surface area contributed by atoms with Crippen molar-refractivity contribution in [3.8, 4) is 0 Å². The molecule has 6 rings (SSSR count). The quantitative estimate of drug-likeness (QED) is 0.603. The molecule has 0 radical (unpaired) electrons. The van der Waals surface area contributed by atoms with Gasteiger partial charge in [-0.3, -0.25) is 9.69 Å². The lowest BCUT2D eigenvalue weighted by atomic mass is 9.45. The molecule has 2 N–H and O–H groups in total. The number of carbonyl (C=O) groups excluding carboxylic acids is 2. The lowest BCUT2D eigenvalue weighted by molar-refractivity contribution is -0.185. The van der Waals surface area contributed by atoms with Crippen molar-refractivity contribution in [3.63, 3.8) is 0 Å². The molecular weight excluding hydrogens is 441 g/mol. The molecule has 6 aliphatic rings. The van der Waals surface area contributed by atoms with E-state index in [0.29, 0.717) is 36.8 Å². The van der Waals surface area contributed by atoms with Crippen molar-refractivity contribution in [2.45, 2.75) is 109 Å². The van der Waals surface area contributed by atoms with Crippen LogP contribution in [0.5, 0.6) is 0 Å². The summed E-state index contributed by atoms with van der Waals surface area (Å²) in [5.41, 5.74) is 5.62. The van der Waals surface area contributed by atoms with E-state index in [1.165, 1.54) is 11.3 Å². The first kappa shape index (κ1) is 23.8. The summed E-state index contributed by atoms with van der Waals surface area (Å²) in [5.74, 6) is 1.10. The lowest BCUT2D eigenvalue weighted by Crippen LogP contribution is -2.63. The zero-order chi connectivity index (χ0) is 23.9. The third-order valence-electron chi connectivity index (χ3n) is 8.68. The largest absolute Gasteiger partial charge is 0.444 e. The van der Waals surface area contributed by atoms with Gasteiger partial charge in [0.25, 0.3) is 0 Å². The molecule has 0 aromatic rings. The molecule has 9 heteroatoms. The Kier molecular flexibility index (Phi) is 5.60. The monoisotopic (exact) mass is 481 g/mol. The van der Waals surface area contributed by atoms with Gasteiger partial charge in [0.05, 0.1) is 11.7 Å². The van der Waals surface area contributed by atoms with Gasteiger partial charge in [-0.1, -0.05) is 13.8 Å². The summed E-state index contributed by atoms with van der Waals surface area (Å²) in [7, 11) is -1.20. The molecule has 3 saturated carbocycles. The highest BCUT2D eigenvalue weighted by atomic mass is 31.2. The Morgan fingerprint density at radius 2 is 1.88 bits per heavy atom. The minimum atomic E-state index is -1.20. The fraction of sp³-hybridized carbons (Fsp3) is 0.917. The third-order valence-corrected chi connectivity index (χ3v) is 10.7. The Morgan fingerprint density at radius 3 is 2.55 bits per heavy atom. The van der Waals surface area contributed by atoms with Crippen molar-refractivity contribution in [3.05, 3.63) is 0 Å². The second-order valence-electron chi connectivity index (χ2n) is 12.6. The molecule has 8 atom stereocenters. The Hall–Kier alpha value is -0.950. The van der Waals surface area contributed by atoms with Gasteiger partial charge in [0.1, 0.15) is 17.4 Å². The van der Waals surface area contributed by atoms with Gasteiger partial charge in [0.15, 0.2) is 8.38 Å². The highest BCUT2D eigenvalue weighted by molar-refractivity contribution is 7.48. The van der Waals surface area contributed by atoms with E-state index in [1.807, 2.05) is 25.7 Å². The highest BCUT2D eigenvalue weighted by Gasteiger charge is 2.67. The molecule has 0 aromatic heterocycles. The van der Waals surface area contributed by atoms with Crippen LogP contribution in [0.2, 0.25) is 0 Å². The van der Waals surface area contributed by atoms with Crippen molar-refractivity contribution in [1.29, 1.82) is 0 Å². The molecule has 6 fully saturated rings. The fourth-order valence-corrected chi connectivity index (χ4v) is 9.07. The van der Waals surface area contributed by atoms with Gasteiger partial charge in [-0.15, -0.1) is 0 Å². The van der Waals surface area contributed by atoms with Crippen LogP contribution >= 0.6 is 8.38 Å². The number of nitrogens with zero attached hydrogens (tertiary/aromatic N) is 2. The molecular formula is C24H40N3O5P. The Bertz CT molecular complexity index is 831. The van der Waals surface area contributed by atoms with Crippen LogP contribution in [0.1, 0.15) is 73.6 Å². The normalized spacial score (nSPS) is 43.9. The standard InChI is InChI=1S/C24H40N3O5P/c1-22(2,3)30-21(29)27-13-15(25)11-17(27)20(28)26-9-7-8-18(26)33-31-19-16-10-14(23(16,4)5)12-24(19,6)32-33/h14-19H,7-13,25H2,1-6H3/t14?,15-,16?,17+,18-,19?,24?,33?/m1/s1. The minimum Gasteiger partial charge on any atom is -0.444 e. The molecule has 3 heterocycles. The van der Waals surface area contributed by atoms with E-state index >= 15 is 0 Å². The maximum absolute atomic E-state index is 13.7. The number of nitrogens with two attached hydrogens (primary N) is 1. The van der Waals surface area contributed by atoms with Crippen LogP contribution in [-0.4, -0.2) is 70.1 Å². The van der Waals surface area contributed by atoms with E-state index < -0.39 is 26.1 Å². The van der Waals surface area contributed by atoms with E-state index in [1.54, 1.807) is 0 Å². The number of hydrogen-bond donors (Lipinski definition) is 1. The summed E-state index contributed by atoms with van der Waals surface area (Å²) in [6, 6.07) is -0.814. The van der Waals surface area contributed by atoms with Crippen LogP contribution in [0.3, 0.4) is 0 Å². The van der Waals surface area contributed by atoms with Crippen LogP contribution in [0.4, 0.5) is 4.79 Å². The maximum atomic E-state index is 13.7. The summed E-state index contributed by atoms with van der Waals surface area (Å²) in [5, 5.41) is 0. The van der Waals surface area contributed by atoms with Crippen molar-refractivity contribution in [1.82, 2.24) is 9.80 Å². The summed E-state index contributed by atoms with van der Waals surface area (Å²) in [6.45, 7) is 13.4. The Balaban J connectivity index is 1.31. The number of ether oxygens (including phenoxy) is 1. The van der Waals surface area contributed by atoms with E-state index in [2.05, 4.69) is 20.8 Å². The van der Waals surface area contributed by atoms with Crippen LogP contribution < -0.4 is 5.73 Å². The fourth-order valence-electron chi connectivity index (χ4n) is 6.73. The minimum absolute atomic E-state index is 0.0457. The smallest absolute Gasteiger partial charge is 0.411 e. The number of carbonyl (C=O) groups is 2. The van der Waals surface area contributed by atoms with Crippen LogP contribution in [0.15, 0.2) is 0 Å². The predicted octanol–water partition coefficient (Wildman–Crippen LogP) is 3.82. The van der Waals surface area contributed by atoms with E-state index in [4.69, 9.17) is 19.5 Å². The van der Waals surface area contributed by atoms with Gasteiger partial charge in [0, 0.05) is 19.1 Å². The SMILES string of the molecule is CC(C)(C)OC(=O)N1C[C@H](N)C[C@H]1C(=O)N1CCC[C@H]1P1OC2C3CC(CC2(C)O1)C3(C)C. The van der Waals surface area contributed by atoms with Crippen molar-refractivity contribution in [2.75, 3.05) is 13.1 Å². The van der Waals surface area contributed by atoms with Gasteiger partial charge in [-0.2, -0.15) is 0 Å². The zero-order valence-electron chi connectivity index (χ0n) is 20.9. The number of hydrogen-bond acceptors (Lipinski definition) is 6. The van der Waals surface area contributed by atoms with Crippen molar-refractivity contribution in [2.24, 2.45) is 23.0 Å². The number of amides is 2. The first-order chi connectivity index (χ1) is 15.3. The second-order valence-corrected chi connectivity index (χ2v) is 14.1. The molecule has 3 saturated heterocycles. The summed E-state index contributed by atoms with van der Waals surface area (Å²) >= 11 is 0. The van der Waals surface area contributed by atoms with Crippen LogP contribution in [-0.2, 0) is 18.6 Å². The molecule has 8 nitrogen and oxygen atoms in total. The number of likely N-dealkylation sites (tertiary alicyclic amines) is 2. The molecule has 186 valence electrons. The third kappa shape index (κ3) is 3.89. The maximum Gasteiger partial charge on any atom is 0.411 e. The van der Waals surface area contributed by atoms with Gasteiger partial charge in [0.2, 0.25) is 5.91 Å². The lowest BCUT2D eigenvalue weighted by Gasteiger charge is -2.62. The average Bonchev–Trinajstić information content (AvgIpc) is 3.40. The molecule has 0 aromatic carbocycles. The molecule has 3 aliphatic heterocycles. The second kappa shape index (κ2) is 7.78. The molecule has 2 bridgehead atoms. The predicted molar refractivity (Wildman–Crippen MR) is 125 cm³/mol. The summed E-state index contributed by atoms with van der Waals surface area (Å²) < 4.78 is 18.9. The van der Waals surface area contributed by atoms with E-state index in [9.17, 15) is 9.59 Å². The molecule has 5 unspecified atom stereocenters. The van der Waals surface area contributed by atoms with Gasteiger partial charge in [-0.05, 0) is 77.0 Å². The van der Waals surface area contributed by atoms with Gasteiger partial charge in [-0.25, -0.2) is 4.79 Å². The summed E-state index contributed by atoms with van der Waals surface area (Å²) in [6.07, 6.45) is 4.15. The molecule has 0 spiro atoms. The van der Waals surface area contributed by atoms with Crippen LogP contribution in [0, 0.1) is 17.3 Å². The molecule has 2 amide bonds. The topological polar surface area (TPSA) is 94.3 Å². The van der Waals surface area contributed by atoms with Crippen molar-refractivity contribution >= 4 is 20.4 Å². The van der Waals surface area contributed by atoms with Gasteiger partial charge < -0.3 is 24.4 Å². The first-order valence-electron chi connectivity index (χ1n) is 12.5. The molecule has 3 aliphatic carbocycles. The van der Waals surface area contributed by atoms with E-state index in [-0.39, 0.29) is 29.4 Å². The Labute approximate surface area is 198 Å². The molecule has 33 heavy (non-hydrogen) atoms. The zero-order valence-corrected chi connectivity index (χ0v) is 21.8. The first-order valence-corrected chi connectivity index (χ1v) is 13.8. The van der Waals surface area contributed by atoms with Crippen molar-refractivity contribution < 1.29 is 23.4 Å². The Morgan fingerprint density at radius 1 is 1.15 bits per heavy atom. The van der Waals surface area contributed by atoms with Gasteiger partial charge >= 0.3 is 6.09 Å². The highest BCUT2D eigenvalue weighted by Crippen LogP contribution is 2.71.